The highest BCUT2D eigenvalue weighted by molar-refractivity contribution is 6.61. The van der Waals surface area contributed by atoms with Crippen LogP contribution in [0, 0.1) is 0 Å². The Hall–Kier alpha value is -1.75. The van der Waals surface area contributed by atoms with Crippen LogP contribution in [-0.2, 0) is 14.1 Å². The van der Waals surface area contributed by atoms with Crippen molar-refractivity contribution in [3.8, 4) is 0 Å². The molecule has 3 heterocycles. The molecule has 2 aliphatic rings. The van der Waals surface area contributed by atoms with Gasteiger partial charge in [0.25, 0.3) is 5.91 Å². The lowest BCUT2D eigenvalue weighted by Gasteiger charge is -2.34. The van der Waals surface area contributed by atoms with Crippen LogP contribution in [-0.4, -0.2) is 81.2 Å². The van der Waals surface area contributed by atoms with Gasteiger partial charge in [-0.3, -0.25) is 4.79 Å². The van der Waals surface area contributed by atoms with Gasteiger partial charge < -0.3 is 29.7 Å². The minimum Gasteiger partial charge on any atom is -0.399 e. The van der Waals surface area contributed by atoms with Gasteiger partial charge in [-0.15, -0.1) is 0 Å². The van der Waals surface area contributed by atoms with Crippen molar-refractivity contribution in [1.29, 1.82) is 0 Å². The highest BCUT2D eigenvalue weighted by Crippen LogP contribution is 2.36. The molecule has 2 aliphatic heterocycles. The predicted octanol–water partition coefficient (Wildman–Crippen LogP) is -0.468. The van der Waals surface area contributed by atoms with Crippen molar-refractivity contribution >= 4 is 24.4 Å². The SMILES string of the molecule is CC1(C)OB(c2cnc(N[C@@H]3CCCN(C(=O)[C@H](O)CO)C3)nc2)OC1(C)C. The van der Waals surface area contributed by atoms with Crippen LogP contribution < -0.4 is 10.8 Å². The Bertz CT molecular complexity index is 684. The molecule has 3 rings (SSSR count). The summed E-state index contributed by atoms with van der Waals surface area (Å²) in [7, 11) is -0.512. The van der Waals surface area contributed by atoms with Gasteiger partial charge in [-0.2, -0.15) is 0 Å². The molecular formula is C18H29BN4O5. The minimum atomic E-state index is -1.37. The highest BCUT2D eigenvalue weighted by Gasteiger charge is 2.52. The molecule has 0 spiro atoms. The smallest absolute Gasteiger partial charge is 0.399 e. The summed E-state index contributed by atoms with van der Waals surface area (Å²) in [6.45, 7) is 8.40. The molecule has 3 N–H and O–H groups in total. The molecule has 2 fully saturated rings. The van der Waals surface area contributed by atoms with Crippen molar-refractivity contribution in [2.75, 3.05) is 25.0 Å². The van der Waals surface area contributed by atoms with Gasteiger partial charge in [-0.25, -0.2) is 9.97 Å². The minimum absolute atomic E-state index is 0.0220. The van der Waals surface area contributed by atoms with Crippen LogP contribution in [0.1, 0.15) is 40.5 Å². The first-order valence-corrected chi connectivity index (χ1v) is 9.65. The maximum Gasteiger partial charge on any atom is 0.498 e. The normalized spacial score (nSPS) is 24.9. The number of anilines is 1. The molecule has 0 bridgehead atoms. The van der Waals surface area contributed by atoms with Crippen molar-refractivity contribution in [3.05, 3.63) is 12.4 Å². The molecule has 1 aromatic rings. The number of aliphatic hydroxyl groups is 2. The number of aromatic nitrogens is 2. The second kappa shape index (κ2) is 7.94. The van der Waals surface area contributed by atoms with Crippen LogP contribution in [0.25, 0.3) is 0 Å². The third-order valence-corrected chi connectivity index (χ3v) is 5.72. The second-order valence-corrected chi connectivity index (χ2v) is 8.39. The van der Waals surface area contributed by atoms with Gasteiger partial charge in [0.1, 0.15) is 0 Å². The summed E-state index contributed by atoms with van der Waals surface area (Å²) in [5.74, 6) is 0.00768. The van der Waals surface area contributed by atoms with Crippen LogP contribution in [0.4, 0.5) is 5.95 Å². The molecule has 0 unspecified atom stereocenters. The molecule has 28 heavy (non-hydrogen) atoms. The number of carbonyl (C=O) groups excluding carboxylic acids is 1. The summed E-state index contributed by atoms with van der Waals surface area (Å²) in [5, 5.41) is 21.7. The molecular weight excluding hydrogens is 363 g/mol. The summed E-state index contributed by atoms with van der Waals surface area (Å²) < 4.78 is 12.0. The van der Waals surface area contributed by atoms with Gasteiger partial charge in [0, 0.05) is 37.0 Å². The number of rotatable bonds is 5. The van der Waals surface area contributed by atoms with Crippen molar-refractivity contribution in [3.63, 3.8) is 0 Å². The average Bonchev–Trinajstić information content (AvgIpc) is 2.88. The third-order valence-electron chi connectivity index (χ3n) is 5.72. The van der Waals surface area contributed by atoms with Crippen molar-refractivity contribution < 1.29 is 24.3 Å². The zero-order valence-corrected chi connectivity index (χ0v) is 16.9. The lowest BCUT2D eigenvalue weighted by molar-refractivity contribution is -0.143. The van der Waals surface area contributed by atoms with Crippen molar-refractivity contribution in [2.24, 2.45) is 0 Å². The summed E-state index contributed by atoms with van der Waals surface area (Å²) in [6, 6.07) is -0.0220. The van der Waals surface area contributed by atoms with Gasteiger partial charge in [-0.1, -0.05) is 0 Å². The first kappa shape index (κ1) is 21.0. The molecule has 10 heteroatoms. The van der Waals surface area contributed by atoms with E-state index in [9.17, 15) is 9.90 Å². The summed E-state index contributed by atoms with van der Waals surface area (Å²) >= 11 is 0. The summed E-state index contributed by atoms with van der Waals surface area (Å²) in [4.78, 5) is 22.3. The fraction of sp³-hybridized carbons (Fsp3) is 0.722. The Labute approximate surface area is 165 Å². The lowest BCUT2D eigenvalue weighted by Crippen LogP contribution is -2.49. The van der Waals surface area contributed by atoms with Crippen LogP contribution in [0.3, 0.4) is 0 Å². The largest absolute Gasteiger partial charge is 0.498 e. The first-order valence-electron chi connectivity index (χ1n) is 9.65. The molecule has 0 radical (unpaired) electrons. The predicted molar refractivity (Wildman–Crippen MR) is 104 cm³/mol. The molecule has 2 atom stereocenters. The van der Waals surface area contributed by atoms with Crippen LogP contribution >= 0.6 is 0 Å². The zero-order chi connectivity index (χ0) is 20.5. The van der Waals surface area contributed by atoms with E-state index in [2.05, 4.69) is 15.3 Å². The van der Waals surface area contributed by atoms with Gasteiger partial charge in [0.2, 0.25) is 5.95 Å². The van der Waals surface area contributed by atoms with Crippen molar-refractivity contribution in [1.82, 2.24) is 14.9 Å². The Morgan fingerprint density at radius 1 is 1.32 bits per heavy atom. The van der Waals surface area contributed by atoms with Crippen LogP contribution in [0.2, 0.25) is 0 Å². The number of nitrogens with one attached hydrogen (secondary N) is 1. The van der Waals surface area contributed by atoms with E-state index in [1.165, 1.54) is 0 Å². The van der Waals surface area contributed by atoms with Gasteiger partial charge in [0.05, 0.1) is 17.8 Å². The highest BCUT2D eigenvalue weighted by atomic mass is 16.7. The Morgan fingerprint density at radius 2 is 1.93 bits per heavy atom. The number of amides is 1. The number of likely N-dealkylation sites (tertiary alicyclic amines) is 1. The molecule has 9 nitrogen and oxygen atoms in total. The molecule has 0 aromatic carbocycles. The fourth-order valence-electron chi connectivity index (χ4n) is 3.28. The second-order valence-electron chi connectivity index (χ2n) is 8.39. The standard InChI is InChI=1S/C18H29BN4O5/c1-17(2)18(3,4)28-19(27-17)12-8-20-16(21-9-12)22-13-6-5-7-23(10-13)15(26)14(25)11-24/h8-9,13-14,24-25H,5-7,10-11H2,1-4H3,(H,20,21,22)/t13-,14-/m1/s1. The van der Waals surface area contributed by atoms with E-state index in [-0.39, 0.29) is 6.04 Å². The van der Waals surface area contributed by atoms with E-state index in [1.54, 1.807) is 17.3 Å². The number of piperidine rings is 1. The molecule has 1 aromatic heterocycles. The number of hydrogen-bond acceptors (Lipinski definition) is 8. The molecule has 2 saturated heterocycles. The lowest BCUT2D eigenvalue weighted by atomic mass is 9.81. The van der Waals surface area contributed by atoms with E-state index < -0.39 is 36.9 Å². The number of aliphatic hydroxyl groups excluding tert-OH is 2. The Morgan fingerprint density at radius 3 is 2.50 bits per heavy atom. The molecule has 0 aliphatic carbocycles. The number of nitrogens with zero attached hydrogens (tertiary/aromatic N) is 3. The summed E-state index contributed by atoms with van der Waals surface area (Å²) in [5.41, 5.74) is -0.104. The van der Waals surface area contributed by atoms with E-state index in [4.69, 9.17) is 14.4 Å². The van der Waals surface area contributed by atoms with Gasteiger partial charge in [-0.05, 0) is 40.5 Å². The van der Waals surface area contributed by atoms with Crippen LogP contribution in [0.5, 0.6) is 0 Å². The maximum atomic E-state index is 12.1. The zero-order valence-electron chi connectivity index (χ0n) is 16.9. The molecule has 0 saturated carbocycles. The quantitative estimate of drug-likeness (QED) is 0.576. The topological polar surface area (TPSA) is 117 Å². The van der Waals surface area contributed by atoms with E-state index in [0.29, 0.717) is 19.0 Å². The first-order chi connectivity index (χ1) is 13.1. The van der Waals surface area contributed by atoms with Gasteiger partial charge >= 0.3 is 7.12 Å². The van der Waals surface area contributed by atoms with Crippen LogP contribution in [0.15, 0.2) is 12.4 Å². The monoisotopic (exact) mass is 392 g/mol. The number of hydrogen-bond donors (Lipinski definition) is 3. The van der Waals surface area contributed by atoms with Crippen molar-refractivity contribution in [2.45, 2.75) is 63.9 Å². The average molecular weight is 392 g/mol. The van der Waals surface area contributed by atoms with E-state index in [0.717, 1.165) is 18.3 Å². The van der Waals surface area contributed by atoms with E-state index in [1.807, 2.05) is 27.7 Å². The number of carbonyl (C=O) groups is 1. The molecule has 154 valence electrons. The third kappa shape index (κ3) is 4.30. The molecule has 1 amide bonds. The van der Waals surface area contributed by atoms with E-state index >= 15 is 0 Å². The Balaban J connectivity index is 1.60. The fourth-order valence-corrected chi connectivity index (χ4v) is 3.28. The Kier molecular flexibility index (Phi) is 5.95. The summed E-state index contributed by atoms with van der Waals surface area (Å²) in [6.07, 6.45) is 3.65. The maximum absolute atomic E-state index is 12.1. The van der Waals surface area contributed by atoms with Gasteiger partial charge in [0.15, 0.2) is 6.10 Å².